The monoisotopic (exact) mass is 380 g/mol. The second-order valence-corrected chi connectivity index (χ2v) is 8.90. The Labute approximate surface area is 170 Å². The number of rotatable bonds is 20. The average Bonchev–Trinajstić information content (AvgIpc) is 2.63. The molecule has 160 valence electrons. The van der Waals surface area contributed by atoms with E-state index in [-0.39, 0.29) is 0 Å². The molecule has 0 N–H and O–H groups in total. The molecule has 0 aromatic carbocycles. The molecular weight excluding hydrogens is 332 g/mol. The van der Waals surface area contributed by atoms with Gasteiger partial charge >= 0.3 is 0 Å². The zero-order valence-corrected chi connectivity index (χ0v) is 19.0. The zero-order chi connectivity index (χ0) is 20.3. The number of carbonyl (C=O) groups is 2. The Balaban J connectivity index is 3.68. The summed E-state index contributed by atoms with van der Waals surface area (Å²) in [6.45, 7) is 8.52. The minimum Gasteiger partial charge on any atom is -0.300 e. The first kappa shape index (κ1) is 26.3. The molecule has 0 fully saturated rings. The lowest BCUT2D eigenvalue weighted by molar-refractivity contribution is -0.120. The van der Waals surface area contributed by atoms with Crippen molar-refractivity contribution in [1.82, 2.24) is 0 Å². The van der Waals surface area contributed by atoms with Gasteiger partial charge in [0.1, 0.15) is 11.6 Å². The molecule has 0 amide bonds. The van der Waals surface area contributed by atoms with Crippen LogP contribution in [0.3, 0.4) is 0 Å². The Morgan fingerprint density at radius 2 is 1.19 bits per heavy atom. The summed E-state index contributed by atoms with van der Waals surface area (Å²) in [5, 5.41) is 0. The third-order valence-corrected chi connectivity index (χ3v) is 5.83. The molecule has 0 saturated heterocycles. The fourth-order valence-electron chi connectivity index (χ4n) is 3.94. The average molecular weight is 381 g/mol. The van der Waals surface area contributed by atoms with Crippen molar-refractivity contribution in [1.29, 1.82) is 0 Å². The Hall–Kier alpha value is -0.660. The molecule has 0 aliphatic heterocycles. The molecule has 0 aliphatic carbocycles. The molecular formula is C25H48O2. The highest BCUT2D eigenvalue weighted by Crippen LogP contribution is 2.22. The second kappa shape index (κ2) is 18.7. The summed E-state index contributed by atoms with van der Waals surface area (Å²) in [6.07, 6.45) is 19.5. The van der Waals surface area contributed by atoms with E-state index in [9.17, 15) is 9.59 Å². The normalized spacial score (nSPS) is 12.5. The van der Waals surface area contributed by atoms with Crippen molar-refractivity contribution in [2.75, 3.05) is 0 Å². The van der Waals surface area contributed by atoms with Crippen molar-refractivity contribution in [3.63, 3.8) is 0 Å². The highest BCUT2D eigenvalue weighted by molar-refractivity contribution is 5.78. The molecule has 0 saturated carbocycles. The summed E-state index contributed by atoms with van der Waals surface area (Å²) >= 11 is 0. The Morgan fingerprint density at radius 3 is 1.67 bits per heavy atom. The van der Waals surface area contributed by atoms with Gasteiger partial charge in [0.25, 0.3) is 0 Å². The lowest BCUT2D eigenvalue weighted by Crippen LogP contribution is -2.09. The van der Waals surface area contributed by atoms with Crippen LogP contribution in [-0.2, 0) is 9.59 Å². The van der Waals surface area contributed by atoms with Crippen LogP contribution in [0.5, 0.6) is 0 Å². The lowest BCUT2D eigenvalue weighted by atomic mass is 9.90. The maximum atomic E-state index is 12.3. The molecule has 0 aromatic rings. The fraction of sp³-hybridized carbons (Fsp3) is 0.920. The maximum absolute atomic E-state index is 12.3. The van der Waals surface area contributed by atoms with E-state index in [1.807, 2.05) is 0 Å². The third-order valence-electron chi connectivity index (χ3n) is 5.83. The summed E-state index contributed by atoms with van der Waals surface area (Å²) in [5.74, 6) is 2.25. The zero-order valence-electron chi connectivity index (χ0n) is 19.0. The Kier molecular flexibility index (Phi) is 18.2. The first-order valence-corrected chi connectivity index (χ1v) is 12.0. The number of hydrogen-bond donors (Lipinski definition) is 0. The van der Waals surface area contributed by atoms with Crippen molar-refractivity contribution in [2.45, 2.75) is 137 Å². The van der Waals surface area contributed by atoms with E-state index in [1.54, 1.807) is 6.92 Å². The predicted molar refractivity (Wildman–Crippen MR) is 118 cm³/mol. The first-order valence-electron chi connectivity index (χ1n) is 12.0. The van der Waals surface area contributed by atoms with Crippen molar-refractivity contribution >= 4 is 11.6 Å². The maximum Gasteiger partial charge on any atom is 0.133 e. The second-order valence-electron chi connectivity index (χ2n) is 8.90. The van der Waals surface area contributed by atoms with Gasteiger partial charge in [-0.2, -0.15) is 0 Å². The smallest absolute Gasteiger partial charge is 0.133 e. The van der Waals surface area contributed by atoms with E-state index in [0.29, 0.717) is 17.5 Å². The number of ketones is 2. The number of Topliss-reactive ketones (excluding diaryl/α,β-unsaturated/α-hetero) is 2. The summed E-state index contributed by atoms with van der Waals surface area (Å²) in [4.78, 5) is 23.2. The summed E-state index contributed by atoms with van der Waals surface area (Å²) in [7, 11) is 0. The van der Waals surface area contributed by atoms with Crippen molar-refractivity contribution in [3.05, 3.63) is 0 Å². The van der Waals surface area contributed by atoms with E-state index in [2.05, 4.69) is 20.8 Å². The van der Waals surface area contributed by atoms with E-state index >= 15 is 0 Å². The standard InChI is InChI=1S/C25H48O2/c1-5-7-18-24(19-8-6-2)21-25(27)20-14-10-12-16-22(3)15-11-9-13-17-23(4)26/h22,24H,5-21H2,1-4H3. The molecule has 27 heavy (non-hydrogen) atoms. The van der Waals surface area contributed by atoms with Crippen molar-refractivity contribution in [2.24, 2.45) is 11.8 Å². The van der Waals surface area contributed by atoms with Crippen LogP contribution in [0.1, 0.15) is 137 Å². The number of carbonyl (C=O) groups excluding carboxylic acids is 2. The predicted octanol–water partition coefficient (Wildman–Crippen LogP) is 8.07. The third kappa shape index (κ3) is 18.5. The van der Waals surface area contributed by atoms with Gasteiger partial charge in [-0.15, -0.1) is 0 Å². The van der Waals surface area contributed by atoms with E-state index in [4.69, 9.17) is 0 Å². The van der Waals surface area contributed by atoms with Gasteiger partial charge in [0.05, 0.1) is 0 Å². The topological polar surface area (TPSA) is 34.1 Å². The van der Waals surface area contributed by atoms with Crippen LogP contribution in [0.25, 0.3) is 0 Å². The van der Waals surface area contributed by atoms with Gasteiger partial charge in [-0.25, -0.2) is 0 Å². The number of hydrogen-bond acceptors (Lipinski definition) is 2. The van der Waals surface area contributed by atoms with Gasteiger partial charge in [-0.05, 0) is 31.6 Å². The quantitative estimate of drug-likeness (QED) is 0.200. The Bertz CT molecular complexity index is 353. The van der Waals surface area contributed by atoms with Gasteiger partial charge in [0.2, 0.25) is 0 Å². The molecule has 2 heteroatoms. The first-order chi connectivity index (χ1) is 13.0. The minimum absolute atomic E-state index is 0.319. The van der Waals surface area contributed by atoms with Gasteiger partial charge in [-0.1, -0.05) is 97.8 Å². The molecule has 0 bridgehead atoms. The van der Waals surface area contributed by atoms with Crippen LogP contribution in [0, 0.1) is 11.8 Å². The van der Waals surface area contributed by atoms with E-state index in [1.165, 1.54) is 77.0 Å². The van der Waals surface area contributed by atoms with Crippen molar-refractivity contribution in [3.8, 4) is 0 Å². The molecule has 0 spiro atoms. The highest BCUT2D eigenvalue weighted by Gasteiger charge is 2.13. The summed E-state index contributed by atoms with van der Waals surface area (Å²) in [6, 6.07) is 0. The number of unbranched alkanes of at least 4 members (excludes halogenated alkanes) is 6. The minimum atomic E-state index is 0.319. The largest absolute Gasteiger partial charge is 0.300 e. The summed E-state index contributed by atoms with van der Waals surface area (Å²) < 4.78 is 0. The molecule has 1 atom stereocenters. The molecule has 0 rings (SSSR count). The van der Waals surface area contributed by atoms with Crippen LogP contribution in [0.4, 0.5) is 0 Å². The van der Waals surface area contributed by atoms with Gasteiger partial charge < -0.3 is 4.79 Å². The van der Waals surface area contributed by atoms with Crippen molar-refractivity contribution < 1.29 is 9.59 Å². The molecule has 0 aromatic heterocycles. The van der Waals surface area contributed by atoms with E-state index in [0.717, 1.165) is 38.0 Å². The lowest BCUT2D eigenvalue weighted by Gasteiger charge is -2.15. The van der Waals surface area contributed by atoms with Crippen LogP contribution in [0.15, 0.2) is 0 Å². The van der Waals surface area contributed by atoms with E-state index < -0.39 is 0 Å². The Morgan fingerprint density at radius 1 is 0.667 bits per heavy atom. The SMILES string of the molecule is CCCCC(CCCC)CC(=O)CCCCCC(C)CCCCCC(C)=O. The molecule has 0 heterocycles. The van der Waals surface area contributed by atoms with Gasteiger partial charge in [-0.3, -0.25) is 4.79 Å². The summed E-state index contributed by atoms with van der Waals surface area (Å²) in [5.41, 5.74) is 0. The molecule has 0 radical (unpaired) electrons. The molecule has 0 aliphatic rings. The van der Waals surface area contributed by atoms with Gasteiger partial charge in [0.15, 0.2) is 0 Å². The van der Waals surface area contributed by atoms with Gasteiger partial charge in [0, 0.05) is 19.3 Å². The van der Waals surface area contributed by atoms with Crippen LogP contribution >= 0.6 is 0 Å². The van der Waals surface area contributed by atoms with Crippen LogP contribution in [-0.4, -0.2) is 11.6 Å². The highest BCUT2D eigenvalue weighted by atomic mass is 16.1. The fourth-order valence-corrected chi connectivity index (χ4v) is 3.94. The van der Waals surface area contributed by atoms with Crippen LogP contribution in [0.2, 0.25) is 0 Å². The molecule has 1 unspecified atom stereocenters. The molecule has 2 nitrogen and oxygen atoms in total. The van der Waals surface area contributed by atoms with Crippen LogP contribution < -0.4 is 0 Å².